The highest BCUT2D eigenvalue weighted by Crippen LogP contribution is 2.44. The van der Waals surface area contributed by atoms with E-state index in [-0.39, 0.29) is 5.82 Å². The Labute approximate surface area is 209 Å². The summed E-state index contributed by atoms with van der Waals surface area (Å²) in [6.07, 6.45) is 26.6. The van der Waals surface area contributed by atoms with Crippen molar-refractivity contribution in [3.8, 4) is 5.75 Å². The van der Waals surface area contributed by atoms with Gasteiger partial charge in [0, 0.05) is 0 Å². The van der Waals surface area contributed by atoms with Gasteiger partial charge in [-0.2, -0.15) is 0 Å². The summed E-state index contributed by atoms with van der Waals surface area (Å²) in [5, 5.41) is 0. The molecular formula is C32H51FO. The molecule has 2 aliphatic rings. The molecule has 0 spiro atoms. The van der Waals surface area contributed by atoms with Gasteiger partial charge in [0.25, 0.3) is 0 Å². The summed E-state index contributed by atoms with van der Waals surface area (Å²) >= 11 is 0. The summed E-state index contributed by atoms with van der Waals surface area (Å²) in [6, 6.07) is 5.92. The van der Waals surface area contributed by atoms with Gasteiger partial charge in [-0.05, 0) is 86.3 Å². The molecule has 2 heteroatoms. The van der Waals surface area contributed by atoms with Gasteiger partial charge in [0.15, 0.2) is 11.6 Å². The monoisotopic (exact) mass is 470 g/mol. The molecule has 1 fully saturated rings. The number of rotatable bonds is 15. The van der Waals surface area contributed by atoms with Crippen LogP contribution in [0.25, 0.3) is 0 Å². The minimum Gasteiger partial charge on any atom is -0.491 e. The average molecular weight is 471 g/mol. The third-order valence-electron chi connectivity index (χ3n) is 8.53. The van der Waals surface area contributed by atoms with Gasteiger partial charge in [-0.15, -0.1) is 0 Å². The fourth-order valence-corrected chi connectivity index (χ4v) is 6.35. The van der Waals surface area contributed by atoms with Crippen molar-refractivity contribution in [1.82, 2.24) is 0 Å². The molecule has 192 valence electrons. The zero-order valence-corrected chi connectivity index (χ0v) is 22.2. The van der Waals surface area contributed by atoms with Crippen molar-refractivity contribution in [2.45, 2.75) is 129 Å². The Kier molecular flexibility index (Phi) is 12.5. The van der Waals surface area contributed by atoms with Gasteiger partial charge in [-0.3, -0.25) is 0 Å². The maximum atomic E-state index is 15.1. The van der Waals surface area contributed by atoms with Crippen molar-refractivity contribution in [3.05, 3.63) is 41.7 Å². The van der Waals surface area contributed by atoms with E-state index in [1.165, 1.54) is 102 Å². The number of unbranched alkanes of at least 4 members (excludes halogenated alkanes) is 6. The Bertz CT molecular complexity index is 703. The molecule has 1 aromatic carbocycles. The molecule has 0 amide bonds. The smallest absolute Gasteiger partial charge is 0.165 e. The van der Waals surface area contributed by atoms with Gasteiger partial charge in [0.05, 0.1) is 6.61 Å². The molecule has 0 saturated heterocycles. The van der Waals surface area contributed by atoms with Crippen LogP contribution < -0.4 is 4.74 Å². The highest BCUT2D eigenvalue weighted by atomic mass is 19.1. The molecule has 0 aromatic heterocycles. The van der Waals surface area contributed by atoms with E-state index < -0.39 is 0 Å². The lowest BCUT2D eigenvalue weighted by Crippen LogP contribution is -2.23. The Hall–Kier alpha value is -1.31. The third-order valence-corrected chi connectivity index (χ3v) is 8.53. The van der Waals surface area contributed by atoms with Crippen LogP contribution in [0, 0.1) is 23.6 Å². The second kappa shape index (κ2) is 15.6. The summed E-state index contributed by atoms with van der Waals surface area (Å²) in [7, 11) is 0. The van der Waals surface area contributed by atoms with E-state index >= 15 is 4.39 Å². The maximum absolute atomic E-state index is 15.1. The molecule has 0 radical (unpaired) electrons. The number of benzene rings is 1. The van der Waals surface area contributed by atoms with E-state index in [1.54, 1.807) is 0 Å². The Morgan fingerprint density at radius 3 is 2.29 bits per heavy atom. The molecule has 0 aliphatic heterocycles. The molecule has 1 saturated carbocycles. The predicted octanol–water partition coefficient (Wildman–Crippen LogP) is 10.4. The first kappa shape index (κ1) is 27.3. The molecule has 34 heavy (non-hydrogen) atoms. The zero-order chi connectivity index (χ0) is 24.0. The van der Waals surface area contributed by atoms with Crippen LogP contribution in [-0.2, 0) is 0 Å². The molecule has 0 heterocycles. The largest absolute Gasteiger partial charge is 0.491 e. The van der Waals surface area contributed by atoms with E-state index in [0.717, 1.165) is 24.7 Å². The first-order valence-electron chi connectivity index (χ1n) is 14.8. The number of ether oxygens (including phenoxy) is 1. The van der Waals surface area contributed by atoms with Gasteiger partial charge in [0.2, 0.25) is 0 Å². The molecule has 1 aromatic rings. The van der Waals surface area contributed by atoms with Crippen molar-refractivity contribution in [1.29, 1.82) is 0 Å². The SMILES string of the molecule is CCCCCCOc1ccc(C(CC2CC=CCC2)C2CCC(CCCCCC)CC2)cc1F. The molecule has 2 atom stereocenters. The highest BCUT2D eigenvalue weighted by Gasteiger charge is 2.31. The summed E-state index contributed by atoms with van der Waals surface area (Å²) in [5.41, 5.74) is 1.22. The van der Waals surface area contributed by atoms with Crippen LogP contribution in [0.1, 0.15) is 134 Å². The Balaban J connectivity index is 1.60. The fourth-order valence-electron chi connectivity index (χ4n) is 6.35. The number of hydrogen-bond acceptors (Lipinski definition) is 1. The van der Waals surface area contributed by atoms with Crippen molar-refractivity contribution in [2.24, 2.45) is 17.8 Å². The lowest BCUT2D eigenvalue weighted by Gasteiger charge is -2.36. The van der Waals surface area contributed by atoms with Gasteiger partial charge < -0.3 is 4.74 Å². The van der Waals surface area contributed by atoms with Gasteiger partial charge in [0.1, 0.15) is 0 Å². The Morgan fingerprint density at radius 2 is 1.62 bits per heavy atom. The van der Waals surface area contributed by atoms with Crippen LogP contribution >= 0.6 is 0 Å². The molecule has 2 unspecified atom stereocenters. The molecular weight excluding hydrogens is 419 g/mol. The van der Waals surface area contributed by atoms with Crippen molar-refractivity contribution >= 4 is 0 Å². The first-order chi connectivity index (χ1) is 16.7. The molecule has 1 nitrogen and oxygen atoms in total. The van der Waals surface area contributed by atoms with Gasteiger partial charge >= 0.3 is 0 Å². The minimum absolute atomic E-state index is 0.161. The van der Waals surface area contributed by atoms with E-state index in [2.05, 4.69) is 32.1 Å². The second-order valence-corrected chi connectivity index (χ2v) is 11.2. The molecule has 0 bridgehead atoms. The minimum atomic E-state index is -0.161. The average Bonchev–Trinajstić information content (AvgIpc) is 2.87. The first-order valence-corrected chi connectivity index (χ1v) is 14.8. The zero-order valence-electron chi connectivity index (χ0n) is 22.2. The third kappa shape index (κ3) is 9.04. The van der Waals surface area contributed by atoms with Crippen LogP contribution in [0.5, 0.6) is 5.75 Å². The lowest BCUT2D eigenvalue weighted by molar-refractivity contribution is 0.209. The summed E-state index contributed by atoms with van der Waals surface area (Å²) in [5.74, 6) is 3.15. The normalized spacial score (nSPS) is 23.7. The second-order valence-electron chi connectivity index (χ2n) is 11.2. The predicted molar refractivity (Wildman–Crippen MR) is 144 cm³/mol. The molecule has 3 rings (SSSR count). The maximum Gasteiger partial charge on any atom is 0.165 e. The van der Waals surface area contributed by atoms with E-state index in [4.69, 9.17) is 4.74 Å². The summed E-state index contributed by atoms with van der Waals surface area (Å²) in [6.45, 7) is 5.12. The van der Waals surface area contributed by atoms with Crippen LogP contribution in [0.2, 0.25) is 0 Å². The fraction of sp³-hybridized carbons (Fsp3) is 0.750. The van der Waals surface area contributed by atoms with Gasteiger partial charge in [-0.1, -0.05) is 96.3 Å². The number of hydrogen-bond donors (Lipinski definition) is 0. The number of allylic oxidation sites excluding steroid dienone is 2. The van der Waals surface area contributed by atoms with Crippen LogP contribution in [-0.4, -0.2) is 6.61 Å². The van der Waals surface area contributed by atoms with E-state index in [1.807, 2.05) is 12.1 Å². The summed E-state index contributed by atoms with van der Waals surface area (Å²) in [4.78, 5) is 0. The van der Waals surface area contributed by atoms with Crippen LogP contribution in [0.4, 0.5) is 4.39 Å². The molecule has 0 N–H and O–H groups in total. The van der Waals surface area contributed by atoms with E-state index in [9.17, 15) is 0 Å². The standard InChI is InChI=1S/C32H51FO/c1-3-5-7-10-14-26-17-19-28(20-18-26)30(24-27-15-11-9-12-16-27)29-21-22-32(31(33)25-29)34-23-13-8-6-4-2/h9,11,21-22,25-28,30H,3-8,10,12-20,23-24H2,1-2H3. The van der Waals surface area contributed by atoms with Crippen LogP contribution in [0.15, 0.2) is 30.4 Å². The van der Waals surface area contributed by atoms with Gasteiger partial charge in [-0.25, -0.2) is 4.39 Å². The summed E-state index contributed by atoms with van der Waals surface area (Å²) < 4.78 is 20.9. The topological polar surface area (TPSA) is 9.23 Å². The van der Waals surface area contributed by atoms with Crippen LogP contribution in [0.3, 0.4) is 0 Å². The van der Waals surface area contributed by atoms with Crippen molar-refractivity contribution < 1.29 is 9.13 Å². The quantitative estimate of drug-likeness (QED) is 0.183. The number of halogens is 1. The lowest BCUT2D eigenvalue weighted by atomic mass is 9.69. The van der Waals surface area contributed by atoms with Crippen molar-refractivity contribution in [2.75, 3.05) is 6.61 Å². The Morgan fingerprint density at radius 1 is 0.853 bits per heavy atom. The van der Waals surface area contributed by atoms with E-state index in [0.29, 0.717) is 24.2 Å². The molecule has 2 aliphatic carbocycles. The highest BCUT2D eigenvalue weighted by molar-refractivity contribution is 5.32. The van der Waals surface area contributed by atoms with Crippen molar-refractivity contribution in [3.63, 3.8) is 0 Å².